The highest BCUT2D eigenvalue weighted by atomic mass is 79.9. The van der Waals surface area contributed by atoms with Crippen LogP contribution in [0.2, 0.25) is 0 Å². The van der Waals surface area contributed by atoms with E-state index in [1.54, 1.807) is 7.11 Å². The lowest BCUT2D eigenvalue weighted by Crippen LogP contribution is -2.11. The van der Waals surface area contributed by atoms with E-state index in [0.29, 0.717) is 11.8 Å². The van der Waals surface area contributed by atoms with Gasteiger partial charge in [-0.3, -0.25) is 0 Å². The van der Waals surface area contributed by atoms with Crippen molar-refractivity contribution in [3.8, 4) is 17.2 Å². The number of nitrogens with zero attached hydrogens (tertiary/aromatic N) is 2. The van der Waals surface area contributed by atoms with Crippen LogP contribution in [0.25, 0.3) is 11.5 Å². The van der Waals surface area contributed by atoms with E-state index in [4.69, 9.17) is 9.15 Å². The Bertz CT molecular complexity index is 558. The Morgan fingerprint density at radius 1 is 1.22 bits per heavy atom. The van der Waals surface area contributed by atoms with Crippen LogP contribution in [-0.2, 0) is 5.41 Å². The Labute approximate surface area is 114 Å². The maximum Gasteiger partial charge on any atom is 0.247 e. The summed E-state index contributed by atoms with van der Waals surface area (Å²) in [6.45, 7) is 6.11. The summed E-state index contributed by atoms with van der Waals surface area (Å²) < 4.78 is 11.7. The lowest BCUT2D eigenvalue weighted by Gasteiger charge is -2.11. The maximum atomic E-state index is 5.68. The SMILES string of the molecule is COc1ccc(-c2nnc(C(C)(C)C)o2)cc1Br. The molecule has 5 heteroatoms. The molecule has 1 heterocycles. The summed E-state index contributed by atoms with van der Waals surface area (Å²) in [5.74, 6) is 1.92. The van der Waals surface area contributed by atoms with Crippen LogP contribution in [0, 0.1) is 0 Å². The van der Waals surface area contributed by atoms with E-state index in [1.165, 1.54) is 0 Å². The van der Waals surface area contributed by atoms with Crippen LogP contribution in [0.4, 0.5) is 0 Å². The smallest absolute Gasteiger partial charge is 0.247 e. The Morgan fingerprint density at radius 3 is 2.44 bits per heavy atom. The van der Waals surface area contributed by atoms with Gasteiger partial charge in [0.15, 0.2) is 0 Å². The van der Waals surface area contributed by atoms with Crippen LogP contribution >= 0.6 is 15.9 Å². The van der Waals surface area contributed by atoms with E-state index in [9.17, 15) is 0 Å². The van der Waals surface area contributed by atoms with E-state index in [-0.39, 0.29) is 5.41 Å². The highest BCUT2D eigenvalue weighted by Gasteiger charge is 2.22. The number of rotatable bonds is 2. The number of hydrogen-bond acceptors (Lipinski definition) is 4. The number of hydrogen-bond donors (Lipinski definition) is 0. The van der Waals surface area contributed by atoms with E-state index in [1.807, 2.05) is 39.0 Å². The van der Waals surface area contributed by atoms with Crippen molar-refractivity contribution in [3.05, 3.63) is 28.6 Å². The van der Waals surface area contributed by atoms with Crippen LogP contribution < -0.4 is 4.74 Å². The molecule has 0 saturated carbocycles. The second-order valence-electron chi connectivity index (χ2n) is 5.01. The minimum Gasteiger partial charge on any atom is -0.496 e. The zero-order valence-corrected chi connectivity index (χ0v) is 12.4. The van der Waals surface area contributed by atoms with Crippen molar-refractivity contribution >= 4 is 15.9 Å². The van der Waals surface area contributed by atoms with E-state index in [2.05, 4.69) is 26.1 Å². The molecule has 0 unspecified atom stereocenters. The van der Waals surface area contributed by atoms with Gasteiger partial charge in [0.2, 0.25) is 11.8 Å². The molecule has 0 atom stereocenters. The topological polar surface area (TPSA) is 48.2 Å². The molecular weight excluding hydrogens is 296 g/mol. The Hall–Kier alpha value is -1.36. The fraction of sp³-hybridized carbons (Fsp3) is 0.385. The molecule has 96 valence electrons. The first kappa shape index (κ1) is 13.1. The molecule has 1 aromatic heterocycles. The molecule has 0 aliphatic carbocycles. The summed E-state index contributed by atoms with van der Waals surface area (Å²) in [6, 6.07) is 5.66. The molecule has 0 aliphatic rings. The van der Waals surface area contributed by atoms with Crippen LogP contribution in [0.3, 0.4) is 0 Å². The van der Waals surface area contributed by atoms with E-state index in [0.717, 1.165) is 15.8 Å². The maximum absolute atomic E-state index is 5.68. The molecule has 2 aromatic rings. The summed E-state index contributed by atoms with van der Waals surface area (Å²) in [5.41, 5.74) is 0.722. The van der Waals surface area contributed by atoms with Crippen LogP contribution in [0.5, 0.6) is 5.75 Å². The average molecular weight is 311 g/mol. The largest absolute Gasteiger partial charge is 0.496 e. The van der Waals surface area contributed by atoms with Gasteiger partial charge in [0.1, 0.15) is 5.75 Å². The van der Waals surface area contributed by atoms with E-state index >= 15 is 0 Å². The molecule has 0 N–H and O–H groups in total. The standard InChI is InChI=1S/C13H15BrN2O2/c1-13(2,3)12-16-15-11(18-12)8-5-6-10(17-4)9(14)7-8/h5-7H,1-4H3. The number of benzene rings is 1. The quantitative estimate of drug-likeness (QED) is 0.846. The molecular formula is C13H15BrN2O2. The van der Waals surface area contributed by atoms with Crippen molar-refractivity contribution in [2.75, 3.05) is 7.11 Å². The third-order valence-corrected chi connectivity index (χ3v) is 3.09. The van der Waals surface area contributed by atoms with E-state index < -0.39 is 0 Å². The van der Waals surface area contributed by atoms with Gasteiger partial charge >= 0.3 is 0 Å². The van der Waals surface area contributed by atoms with Crippen molar-refractivity contribution in [3.63, 3.8) is 0 Å². The van der Waals surface area contributed by atoms with Gasteiger partial charge in [-0.15, -0.1) is 10.2 Å². The van der Waals surface area contributed by atoms with Crippen LogP contribution in [0.15, 0.2) is 27.1 Å². The molecule has 0 bridgehead atoms. The van der Waals surface area contributed by atoms with Gasteiger partial charge in [-0.1, -0.05) is 20.8 Å². The summed E-state index contributed by atoms with van der Waals surface area (Å²) in [4.78, 5) is 0. The van der Waals surface area contributed by atoms with Gasteiger partial charge in [-0.05, 0) is 34.1 Å². The molecule has 0 saturated heterocycles. The number of ether oxygens (including phenoxy) is 1. The number of halogens is 1. The lowest BCUT2D eigenvalue weighted by molar-refractivity contribution is 0.399. The average Bonchev–Trinajstić information content (AvgIpc) is 2.77. The monoisotopic (exact) mass is 310 g/mol. The van der Waals surface area contributed by atoms with Gasteiger partial charge in [0.25, 0.3) is 0 Å². The van der Waals surface area contributed by atoms with Crippen molar-refractivity contribution < 1.29 is 9.15 Å². The first-order valence-electron chi connectivity index (χ1n) is 5.59. The zero-order chi connectivity index (χ0) is 13.3. The first-order chi connectivity index (χ1) is 8.41. The highest BCUT2D eigenvalue weighted by Crippen LogP contribution is 2.31. The molecule has 4 nitrogen and oxygen atoms in total. The van der Waals surface area contributed by atoms with Crippen molar-refractivity contribution in [1.29, 1.82) is 0 Å². The number of methoxy groups -OCH3 is 1. The molecule has 1 aromatic carbocycles. The van der Waals surface area contributed by atoms with Crippen molar-refractivity contribution in [2.45, 2.75) is 26.2 Å². The highest BCUT2D eigenvalue weighted by molar-refractivity contribution is 9.10. The number of aromatic nitrogens is 2. The predicted molar refractivity (Wildman–Crippen MR) is 72.7 cm³/mol. The molecule has 0 spiro atoms. The third-order valence-electron chi connectivity index (χ3n) is 2.47. The second-order valence-corrected chi connectivity index (χ2v) is 5.87. The van der Waals surface area contributed by atoms with Gasteiger partial charge < -0.3 is 9.15 Å². The minimum absolute atomic E-state index is 0.144. The van der Waals surface area contributed by atoms with Gasteiger partial charge in [0, 0.05) is 11.0 Å². The fourth-order valence-corrected chi connectivity index (χ4v) is 1.98. The summed E-state index contributed by atoms with van der Waals surface area (Å²) >= 11 is 3.44. The lowest BCUT2D eigenvalue weighted by atomic mass is 9.97. The summed E-state index contributed by atoms with van der Waals surface area (Å²) in [6.07, 6.45) is 0. The Kier molecular flexibility index (Phi) is 3.43. The Balaban J connectivity index is 2.38. The summed E-state index contributed by atoms with van der Waals surface area (Å²) in [5, 5.41) is 8.14. The van der Waals surface area contributed by atoms with Crippen LogP contribution in [0.1, 0.15) is 26.7 Å². The molecule has 0 fully saturated rings. The van der Waals surface area contributed by atoms with Crippen molar-refractivity contribution in [1.82, 2.24) is 10.2 Å². The normalized spacial score (nSPS) is 11.6. The minimum atomic E-state index is -0.144. The molecule has 0 amide bonds. The third kappa shape index (κ3) is 2.56. The van der Waals surface area contributed by atoms with Gasteiger partial charge in [0.05, 0.1) is 11.6 Å². The molecule has 0 radical (unpaired) electrons. The first-order valence-corrected chi connectivity index (χ1v) is 6.39. The molecule has 2 rings (SSSR count). The molecule has 18 heavy (non-hydrogen) atoms. The van der Waals surface area contributed by atoms with Gasteiger partial charge in [-0.25, -0.2) is 0 Å². The molecule has 0 aliphatic heterocycles. The second kappa shape index (κ2) is 4.72. The zero-order valence-electron chi connectivity index (χ0n) is 10.8. The Morgan fingerprint density at radius 2 is 1.94 bits per heavy atom. The van der Waals surface area contributed by atoms with Crippen molar-refractivity contribution in [2.24, 2.45) is 0 Å². The van der Waals surface area contributed by atoms with Gasteiger partial charge in [-0.2, -0.15) is 0 Å². The van der Waals surface area contributed by atoms with Crippen LogP contribution in [-0.4, -0.2) is 17.3 Å². The fourth-order valence-electron chi connectivity index (χ4n) is 1.44. The predicted octanol–water partition coefficient (Wildman–Crippen LogP) is 3.81. The summed E-state index contributed by atoms with van der Waals surface area (Å²) in [7, 11) is 1.63.